The van der Waals surface area contributed by atoms with Crippen molar-refractivity contribution in [2.45, 2.75) is 191 Å². The van der Waals surface area contributed by atoms with Gasteiger partial charge in [0.1, 0.15) is 43.2 Å². The first-order valence-corrected chi connectivity index (χ1v) is 20.5. The van der Waals surface area contributed by atoms with Gasteiger partial charge in [0, 0.05) is 12.8 Å². The van der Waals surface area contributed by atoms with Gasteiger partial charge in [0.15, 0.2) is 6.10 Å². The van der Waals surface area contributed by atoms with Gasteiger partial charge in [-0.3, -0.25) is 18.6 Å². The Kier molecular flexibility index (Phi) is 26.2. The van der Waals surface area contributed by atoms with E-state index >= 15 is 0 Å². The minimum atomic E-state index is -5.10. The molecule has 6 N–H and O–H groups in total. The van der Waals surface area contributed by atoms with Crippen molar-refractivity contribution in [1.29, 1.82) is 0 Å². The number of carbonyl (C=O) groups excluding carboxylic acids is 2. The van der Waals surface area contributed by atoms with E-state index in [1.165, 1.54) is 38.5 Å². The van der Waals surface area contributed by atoms with Crippen LogP contribution >= 0.6 is 7.82 Å². The summed E-state index contributed by atoms with van der Waals surface area (Å²) < 4.78 is 33.2. The third-order valence-corrected chi connectivity index (χ3v) is 9.84. The predicted octanol–water partition coefficient (Wildman–Crippen LogP) is 5.55. The van der Waals surface area contributed by atoms with Crippen molar-refractivity contribution in [3.8, 4) is 0 Å². The summed E-state index contributed by atoms with van der Waals surface area (Å²) in [5.41, 5.74) is 0. The van der Waals surface area contributed by atoms with Crippen LogP contribution in [0.1, 0.15) is 149 Å². The number of phosphoric ester groups is 1. The molecule has 0 aromatic carbocycles. The Labute approximate surface area is 299 Å². The number of esters is 2. The monoisotopic (exact) mass is 738 g/mol. The van der Waals surface area contributed by atoms with Gasteiger partial charge in [-0.15, -0.1) is 0 Å². The van der Waals surface area contributed by atoms with Crippen LogP contribution in [-0.4, -0.2) is 98.3 Å². The largest absolute Gasteiger partial charge is 0.472 e. The van der Waals surface area contributed by atoms with Crippen molar-refractivity contribution in [3.63, 3.8) is 0 Å². The molecule has 0 saturated heterocycles. The first-order valence-electron chi connectivity index (χ1n) is 19.0. The molecule has 0 aromatic rings. The number of rotatable bonds is 30. The van der Waals surface area contributed by atoms with Crippen LogP contribution < -0.4 is 0 Å². The lowest BCUT2D eigenvalue weighted by atomic mass is 9.85. The number of aliphatic hydroxyl groups is 5. The molecular weight excluding hydrogens is 671 g/mol. The zero-order chi connectivity index (χ0) is 37.2. The number of hydrogen-bond donors (Lipinski definition) is 6. The number of carbonyl (C=O) groups is 2. The molecule has 0 heterocycles. The number of ether oxygens (including phenoxy) is 2. The zero-order valence-corrected chi connectivity index (χ0v) is 31.3. The lowest BCUT2D eigenvalue weighted by Gasteiger charge is -2.41. The molecule has 0 spiro atoms. The van der Waals surface area contributed by atoms with Crippen LogP contribution in [0.5, 0.6) is 0 Å². The SMILES string of the molecule is CCCCCCC/C=C\CCCCCCCC(=O)OC(COC(=O)CCCCCCCCC)COP(=O)(O)OC1C(O)C(O)C(O)C(O)C1O. The number of phosphoric acid groups is 1. The Bertz CT molecular complexity index is 948. The molecule has 0 aromatic heterocycles. The van der Waals surface area contributed by atoms with Crippen molar-refractivity contribution in [2.24, 2.45) is 0 Å². The van der Waals surface area contributed by atoms with E-state index in [4.69, 9.17) is 18.5 Å². The van der Waals surface area contributed by atoms with Gasteiger partial charge in [0.05, 0.1) is 6.61 Å². The number of aliphatic hydroxyl groups excluding tert-OH is 5. The maximum atomic E-state index is 12.7. The molecule has 0 radical (unpaired) electrons. The Hall–Kier alpha value is -1.41. The van der Waals surface area contributed by atoms with E-state index < -0.39 is 75.7 Å². The molecule has 1 aliphatic rings. The molecule has 14 heteroatoms. The van der Waals surface area contributed by atoms with Crippen molar-refractivity contribution < 1.29 is 63.1 Å². The van der Waals surface area contributed by atoms with E-state index in [9.17, 15) is 44.6 Å². The molecule has 0 amide bonds. The molecule has 13 nitrogen and oxygen atoms in total. The van der Waals surface area contributed by atoms with Crippen LogP contribution in [-0.2, 0) is 32.7 Å². The fourth-order valence-electron chi connectivity index (χ4n) is 5.69. The molecule has 1 aliphatic carbocycles. The summed E-state index contributed by atoms with van der Waals surface area (Å²) in [4.78, 5) is 35.3. The van der Waals surface area contributed by atoms with Crippen LogP contribution in [0.15, 0.2) is 12.2 Å². The second-order valence-electron chi connectivity index (χ2n) is 13.4. The quantitative estimate of drug-likeness (QED) is 0.0231. The molecular formula is C36H67O13P. The fraction of sp³-hybridized carbons (Fsp3) is 0.889. The van der Waals surface area contributed by atoms with Crippen molar-refractivity contribution in [1.82, 2.24) is 0 Å². The van der Waals surface area contributed by atoms with Gasteiger partial charge in [-0.2, -0.15) is 0 Å². The van der Waals surface area contributed by atoms with Gasteiger partial charge in [0.2, 0.25) is 0 Å². The average Bonchev–Trinajstić information content (AvgIpc) is 3.09. The summed E-state index contributed by atoms with van der Waals surface area (Å²) >= 11 is 0. The lowest BCUT2D eigenvalue weighted by Crippen LogP contribution is -2.64. The van der Waals surface area contributed by atoms with E-state index in [0.29, 0.717) is 12.8 Å². The Morgan fingerprint density at radius 1 is 0.600 bits per heavy atom. The molecule has 6 atom stereocenters. The molecule has 50 heavy (non-hydrogen) atoms. The zero-order valence-electron chi connectivity index (χ0n) is 30.4. The maximum absolute atomic E-state index is 12.7. The summed E-state index contributed by atoms with van der Waals surface area (Å²) in [6.07, 6.45) is 11.7. The summed E-state index contributed by atoms with van der Waals surface area (Å²) in [7, 11) is -5.10. The van der Waals surface area contributed by atoms with Gasteiger partial charge >= 0.3 is 19.8 Å². The van der Waals surface area contributed by atoms with Crippen molar-refractivity contribution >= 4 is 19.8 Å². The van der Waals surface area contributed by atoms with Crippen LogP contribution in [0.4, 0.5) is 0 Å². The second-order valence-corrected chi connectivity index (χ2v) is 14.8. The predicted molar refractivity (Wildman–Crippen MR) is 189 cm³/mol. The second kappa shape index (κ2) is 28.1. The molecule has 294 valence electrons. The summed E-state index contributed by atoms with van der Waals surface area (Å²) in [6.45, 7) is 3.19. The lowest BCUT2D eigenvalue weighted by molar-refractivity contribution is -0.220. The normalized spacial score (nSPS) is 24.2. The van der Waals surface area contributed by atoms with Gasteiger partial charge in [-0.05, 0) is 38.5 Å². The summed E-state index contributed by atoms with van der Waals surface area (Å²) in [5, 5.41) is 49.8. The summed E-state index contributed by atoms with van der Waals surface area (Å²) in [6, 6.07) is 0. The highest BCUT2D eigenvalue weighted by Gasteiger charge is 2.51. The van der Waals surface area contributed by atoms with Crippen molar-refractivity contribution in [3.05, 3.63) is 12.2 Å². The van der Waals surface area contributed by atoms with Gasteiger partial charge in [-0.1, -0.05) is 109 Å². The van der Waals surface area contributed by atoms with Crippen LogP contribution in [0, 0.1) is 0 Å². The average molecular weight is 739 g/mol. The molecule has 1 rings (SSSR count). The molecule has 0 bridgehead atoms. The highest BCUT2D eigenvalue weighted by atomic mass is 31.2. The van der Waals surface area contributed by atoms with Crippen LogP contribution in [0.2, 0.25) is 0 Å². The fourth-order valence-corrected chi connectivity index (χ4v) is 6.66. The van der Waals surface area contributed by atoms with Crippen LogP contribution in [0.25, 0.3) is 0 Å². The topological polar surface area (TPSA) is 210 Å². The third kappa shape index (κ3) is 21.2. The minimum Gasteiger partial charge on any atom is -0.462 e. The number of hydrogen-bond acceptors (Lipinski definition) is 12. The highest BCUT2D eigenvalue weighted by Crippen LogP contribution is 2.47. The summed E-state index contributed by atoms with van der Waals surface area (Å²) in [5.74, 6) is -1.12. The standard InChI is InChI=1S/C36H67O13P/c1-3-5-7-9-11-12-13-14-15-16-17-19-21-23-25-30(38)48-28(26-46-29(37)24-22-20-18-10-8-6-4-2)27-47-50(44,45)49-36-34(42)32(40)31(39)33(41)35(36)43/h13-14,28,31-36,39-43H,3-12,15-27H2,1-2H3,(H,44,45)/b14-13-. The van der Waals surface area contributed by atoms with E-state index in [1.54, 1.807) is 0 Å². The Morgan fingerprint density at radius 2 is 1.02 bits per heavy atom. The first-order chi connectivity index (χ1) is 23.9. The Balaban J connectivity index is 2.54. The Morgan fingerprint density at radius 3 is 1.52 bits per heavy atom. The molecule has 1 saturated carbocycles. The van der Waals surface area contributed by atoms with E-state index in [0.717, 1.165) is 70.6 Å². The highest BCUT2D eigenvalue weighted by molar-refractivity contribution is 7.47. The van der Waals surface area contributed by atoms with Crippen LogP contribution in [0.3, 0.4) is 0 Å². The van der Waals surface area contributed by atoms with Crippen molar-refractivity contribution in [2.75, 3.05) is 13.2 Å². The number of allylic oxidation sites excluding steroid dienone is 2. The molecule has 0 aliphatic heterocycles. The third-order valence-electron chi connectivity index (χ3n) is 8.86. The number of unbranched alkanes of at least 4 members (excludes halogenated alkanes) is 16. The van der Waals surface area contributed by atoms with Gasteiger partial charge in [-0.25, -0.2) is 4.57 Å². The van der Waals surface area contributed by atoms with E-state index in [2.05, 4.69) is 26.0 Å². The van der Waals surface area contributed by atoms with Gasteiger partial charge in [0.25, 0.3) is 0 Å². The van der Waals surface area contributed by atoms with E-state index in [-0.39, 0.29) is 12.8 Å². The first kappa shape index (κ1) is 46.6. The smallest absolute Gasteiger partial charge is 0.462 e. The maximum Gasteiger partial charge on any atom is 0.472 e. The van der Waals surface area contributed by atoms with E-state index in [1.807, 2.05) is 0 Å². The minimum absolute atomic E-state index is 0.0895. The molecule has 1 fully saturated rings. The van der Waals surface area contributed by atoms with Gasteiger partial charge < -0.3 is 39.9 Å². The molecule has 6 unspecified atom stereocenters.